The Hall–Kier alpha value is -2.09. The standard InChI is InChI=1S/C15H14O2/c1-10-8-9-13(14(16)11(10)2)15(17)12-6-4-3-5-7-12/h3-9,16H,1-2H3. The zero-order chi connectivity index (χ0) is 12.4. The molecule has 0 aromatic heterocycles. The molecular formula is C15H14O2. The normalized spacial score (nSPS) is 10.2. The molecular weight excluding hydrogens is 212 g/mol. The summed E-state index contributed by atoms with van der Waals surface area (Å²) in [4.78, 5) is 12.2. The monoisotopic (exact) mass is 226 g/mol. The van der Waals surface area contributed by atoms with Crippen molar-refractivity contribution in [1.82, 2.24) is 0 Å². The van der Waals surface area contributed by atoms with E-state index in [0.717, 1.165) is 11.1 Å². The van der Waals surface area contributed by atoms with Crippen molar-refractivity contribution in [1.29, 1.82) is 0 Å². The molecule has 0 bridgehead atoms. The first-order chi connectivity index (χ1) is 8.11. The highest BCUT2D eigenvalue weighted by Gasteiger charge is 2.15. The van der Waals surface area contributed by atoms with Crippen molar-refractivity contribution in [2.45, 2.75) is 13.8 Å². The van der Waals surface area contributed by atoms with Gasteiger partial charge in [-0.2, -0.15) is 0 Å². The molecule has 0 aliphatic rings. The smallest absolute Gasteiger partial charge is 0.196 e. The van der Waals surface area contributed by atoms with Crippen LogP contribution in [0.15, 0.2) is 42.5 Å². The summed E-state index contributed by atoms with van der Waals surface area (Å²) in [6.07, 6.45) is 0. The highest BCUT2D eigenvalue weighted by atomic mass is 16.3. The average Bonchev–Trinajstić information content (AvgIpc) is 2.36. The van der Waals surface area contributed by atoms with E-state index in [1.807, 2.05) is 38.1 Å². The van der Waals surface area contributed by atoms with E-state index < -0.39 is 0 Å². The van der Waals surface area contributed by atoms with Crippen molar-refractivity contribution in [3.63, 3.8) is 0 Å². The lowest BCUT2D eigenvalue weighted by atomic mass is 9.98. The van der Waals surface area contributed by atoms with Gasteiger partial charge in [0.1, 0.15) is 5.75 Å². The third-order valence-corrected chi connectivity index (χ3v) is 2.98. The highest BCUT2D eigenvalue weighted by Crippen LogP contribution is 2.26. The van der Waals surface area contributed by atoms with E-state index in [4.69, 9.17) is 0 Å². The fourth-order valence-corrected chi connectivity index (χ4v) is 1.73. The maximum atomic E-state index is 12.2. The minimum atomic E-state index is -0.147. The van der Waals surface area contributed by atoms with E-state index in [0.29, 0.717) is 11.1 Å². The van der Waals surface area contributed by atoms with E-state index in [2.05, 4.69) is 0 Å². The predicted molar refractivity (Wildman–Crippen MR) is 67.5 cm³/mol. The quantitative estimate of drug-likeness (QED) is 0.798. The van der Waals surface area contributed by atoms with Crippen LogP contribution in [0.3, 0.4) is 0 Å². The summed E-state index contributed by atoms with van der Waals surface area (Å²) in [6, 6.07) is 12.5. The number of benzene rings is 2. The summed E-state index contributed by atoms with van der Waals surface area (Å²) >= 11 is 0. The third kappa shape index (κ3) is 2.07. The molecule has 0 saturated carbocycles. The number of carbonyl (C=O) groups is 1. The minimum absolute atomic E-state index is 0.0823. The van der Waals surface area contributed by atoms with Gasteiger partial charge < -0.3 is 5.11 Å². The Kier molecular flexibility index (Phi) is 2.96. The SMILES string of the molecule is Cc1ccc(C(=O)c2ccccc2)c(O)c1C. The van der Waals surface area contributed by atoms with Crippen molar-refractivity contribution in [3.8, 4) is 5.75 Å². The largest absolute Gasteiger partial charge is 0.507 e. The summed E-state index contributed by atoms with van der Waals surface area (Å²) in [7, 11) is 0. The molecule has 0 heterocycles. The second-order valence-electron chi connectivity index (χ2n) is 4.10. The van der Waals surface area contributed by atoms with Crippen LogP contribution in [-0.4, -0.2) is 10.9 Å². The number of carbonyl (C=O) groups excluding carboxylic acids is 1. The lowest BCUT2D eigenvalue weighted by molar-refractivity contribution is 0.103. The number of rotatable bonds is 2. The molecule has 0 aliphatic heterocycles. The lowest BCUT2D eigenvalue weighted by Crippen LogP contribution is -2.02. The number of hydrogen-bond acceptors (Lipinski definition) is 2. The third-order valence-electron chi connectivity index (χ3n) is 2.98. The first-order valence-corrected chi connectivity index (χ1v) is 5.50. The molecule has 1 N–H and O–H groups in total. The maximum Gasteiger partial charge on any atom is 0.196 e. The van der Waals surface area contributed by atoms with Gasteiger partial charge in [-0.1, -0.05) is 36.4 Å². The Morgan fingerprint density at radius 1 is 1.00 bits per heavy atom. The number of hydrogen-bond donors (Lipinski definition) is 1. The molecule has 0 amide bonds. The van der Waals surface area contributed by atoms with Crippen LogP contribution in [0.5, 0.6) is 5.75 Å². The molecule has 2 heteroatoms. The van der Waals surface area contributed by atoms with Gasteiger partial charge in [0.15, 0.2) is 5.78 Å². The average molecular weight is 226 g/mol. The van der Waals surface area contributed by atoms with Gasteiger partial charge in [0, 0.05) is 5.56 Å². The maximum absolute atomic E-state index is 12.2. The van der Waals surface area contributed by atoms with E-state index in [-0.39, 0.29) is 11.5 Å². The first-order valence-electron chi connectivity index (χ1n) is 5.50. The molecule has 0 radical (unpaired) electrons. The van der Waals surface area contributed by atoms with Crippen LogP contribution in [0.1, 0.15) is 27.0 Å². The van der Waals surface area contributed by atoms with E-state index in [1.165, 1.54) is 0 Å². The Balaban J connectivity index is 2.49. The molecule has 86 valence electrons. The molecule has 17 heavy (non-hydrogen) atoms. The van der Waals surface area contributed by atoms with Crippen LogP contribution in [0, 0.1) is 13.8 Å². The van der Waals surface area contributed by atoms with Crippen LogP contribution in [-0.2, 0) is 0 Å². The van der Waals surface area contributed by atoms with Crippen molar-refractivity contribution in [2.24, 2.45) is 0 Å². The Bertz CT molecular complexity index is 557. The molecule has 0 aliphatic carbocycles. The summed E-state index contributed by atoms with van der Waals surface area (Å²) in [5.41, 5.74) is 2.68. The van der Waals surface area contributed by atoms with Gasteiger partial charge in [-0.25, -0.2) is 0 Å². The van der Waals surface area contributed by atoms with Crippen LogP contribution >= 0.6 is 0 Å². The van der Waals surface area contributed by atoms with Gasteiger partial charge in [0.05, 0.1) is 5.56 Å². The van der Waals surface area contributed by atoms with Crippen LogP contribution in [0.25, 0.3) is 0 Å². The Morgan fingerprint density at radius 2 is 1.65 bits per heavy atom. The van der Waals surface area contributed by atoms with Gasteiger partial charge in [0.25, 0.3) is 0 Å². The van der Waals surface area contributed by atoms with Gasteiger partial charge in [-0.3, -0.25) is 4.79 Å². The second-order valence-corrected chi connectivity index (χ2v) is 4.10. The highest BCUT2D eigenvalue weighted by molar-refractivity contribution is 6.10. The fourth-order valence-electron chi connectivity index (χ4n) is 1.73. The van der Waals surface area contributed by atoms with Gasteiger partial charge >= 0.3 is 0 Å². The van der Waals surface area contributed by atoms with Crippen LogP contribution in [0.4, 0.5) is 0 Å². The number of aromatic hydroxyl groups is 1. The molecule has 0 atom stereocenters. The predicted octanol–water partition coefficient (Wildman–Crippen LogP) is 3.24. The van der Waals surface area contributed by atoms with Crippen LogP contribution < -0.4 is 0 Å². The molecule has 0 spiro atoms. The van der Waals surface area contributed by atoms with Crippen molar-refractivity contribution in [3.05, 3.63) is 64.7 Å². The van der Waals surface area contributed by atoms with Gasteiger partial charge in [0.2, 0.25) is 0 Å². The number of phenolic OH excluding ortho intramolecular Hbond substituents is 1. The van der Waals surface area contributed by atoms with Crippen LogP contribution in [0.2, 0.25) is 0 Å². The second kappa shape index (κ2) is 4.42. The zero-order valence-electron chi connectivity index (χ0n) is 9.90. The van der Waals surface area contributed by atoms with Crippen molar-refractivity contribution < 1.29 is 9.90 Å². The molecule has 2 rings (SSSR count). The van der Waals surface area contributed by atoms with Gasteiger partial charge in [-0.15, -0.1) is 0 Å². The number of phenols is 1. The molecule has 2 aromatic rings. The Morgan fingerprint density at radius 3 is 2.29 bits per heavy atom. The molecule has 2 aromatic carbocycles. The fraction of sp³-hybridized carbons (Fsp3) is 0.133. The molecule has 0 saturated heterocycles. The van der Waals surface area contributed by atoms with Gasteiger partial charge in [-0.05, 0) is 31.0 Å². The lowest BCUT2D eigenvalue weighted by Gasteiger charge is -2.08. The summed E-state index contributed by atoms with van der Waals surface area (Å²) in [5, 5.41) is 9.99. The number of aryl methyl sites for hydroxylation is 1. The van der Waals surface area contributed by atoms with Crippen molar-refractivity contribution in [2.75, 3.05) is 0 Å². The molecule has 0 fully saturated rings. The number of ketones is 1. The van der Waals surface area contributed by atoms with Crippen molar-refractivity contribution >= 4 is 5.78 Å². The summed E-state index contributed by atoms with van der Waals surface area (Å²) < 4.78 is 0. The van der Waals surface area contributed by atoms with E-state index in [9.17, 15) is 9.90 Å². The summed E-state index contributed by atoms with van der Waals surface area (Å²) in [5.74, 6) is -0.0648. The Labute approximate surface area is 101 Å². The first kappa shape index (κ1) is 11.4. The zero-order valence-corrected chi connectivity index (χ0v) is 9.90. The topological polar surface area (TPSA) is 37.3 Å². The minimum Gasteiger partial charge on any atom is -0.507 e. The van der Waals surface area contributed by atoms with E-state index in [1.54, 1.807) is 18.2 Å². The summed E-state index contributed by atoms with van der Waals surface area (Å²) in [6.45, 7) is 3.72. The molecule has 2 nitrogen and oxygen atoms in total. The molecule has 0 unspecified atom stereocenters. The van der Waals surface area contributed by atoms with E-state index >= 15 is 0 Å².